The number of ether oxygens (including phenoxy) is 1. The van der Waals surface area contributed by atoms with Crippen LogP contribution in [0.1, 0.15) is 63.9 Å². The molecule has 1 aromatic carbocycles. The molecule has 3 fully saturated rings. The minimum absolute atomic E-state index is 0.000239. The molecule has 1 aliphatic carbocycles. The number of rotatable bonds is 6. The van der Waals surface area contributed by atoms with E-state index in [1.165, 1.54) is 0 Å². The van der Waals surface area contributed by atoms with Crippen molar-refractivity contribution in [2.24, 2.45) is 5.92 Å². The Bertz CT molecular complexity index is 1360. The third kappa shape index (κ3) is 5.76. The maximum absolute atomic E-state index is 13.9. The highest BCUT2D eigenvalue weighted by molar-refractivity contribution is 6.30. The van der Waals surface area contributed by atoms with Crippen LogP contribution in [0.3, 0.4) is 0 Å². The molecule has 2 aromatic heterocycles. The van der Waals surface area contributed by atoms with Crippen molar-refractivity contribution >= 4 is 28.6 Å². The highest BCUT2D eigenvalue weighted by Gasteiger charge is 2.50. The second-order valence-electron chi connectivity index (χ2n) is 11.0. The van der Waals surface area contributed by atoms with Gasteiger partial charge in [0.25, 0.3) is 0 Å². The van der Waals surface area contributed by atoms with Gasteiger partial charge in [-0.05, 0) is 50.3 Å². The fourth-order valence-corrected chi connectivity index (χ4v) is 6.59. The normalized spacial score (nSPS) is 24.0. The maximum Gasteiger partial charge on any atom is 0.348 e. The van der Waals surface area contributed by atoms with Crippen molar-refractivity contribution in [3.8, 4) is 0 Å². The van der Waals surface area contributed by atoms with Crippen molar-refractivity contribution in [3.05, 3.63) is 51.2 Å². The quantitative estimate of drug-likeness (QED) is 0.412. The van der Waals surface area contributed by atoms with Crippen molar-refractivity contribution in [1.82, 2.24) is 24.4 Å². The summed E-state index contributed by atoms with van der Waals surface area (Å²) in [5.41, 5.74) is 1.94. The van der Waals surface area contributed by atoms with Crippen LogP contribution < -0.4 is 10.6 Å². The number of nitrogens with zero attached hydrogens (tertiary/aromatic N) is 5. The summed E-state index contributed by atoms with van der Waals surface area (Å²) in [4.78, 5) is 29.2. The van der Waals surface area contributed by atoms with Crippen LogP contribution in [-0.4, -0.2) is 68.7 Å². The Kier molecular flexibility index (Phi) is 8.50. The lowest BCUT2D eigenvalue weighted by molar-refractivity contribution is -0.133. The standard InChI is InChI=1S/C27H33ClF2N6O2.C2H6/c1-16-14-34(23(19-12-27(29,30)13-19)18-5-7-20(28)8-6-18)9-10-35(16)24-22-25(33-26(37)32-24)36(17(2)31-22)15-21-4-3-11-38-21;1-2/h5-8,16,19,21,23H,3-4,9-15H2,1-2H3,(H,32,33,37);1-2H3. The lowest BCUT2D eigenvalue weighted by atomic mass is 9.73. The van der Waals surface area contributed by atoms with E-state index < -0.39 is 11.6 Å². The van der Waals surface area contributed by atoms with E-state index in [4.69, 9.17) is 21.3 Å². The molecule has 1 N–H and O–H groups in total. The molecule has 2 aliphatic heterocycles. The number of aromatic nitrogens is 4. The number of imidazole rings is 1. The van der Waals surface area contributed by atoms with Gasteiger partial charge in [-0.15, -0.1) is 0 Å². The van der Waals surface area contributed by atoms with E-state index in [2.05, 4.69) is 26.7 Å². The Balaban J connectivity index is 0.00000158. The summed E-state index contributed by atoms with van der Waals surface area (Å²) in [6.45, 7) is 11.3. The number of hydrogen-bond donors (Lipinski definition) is 1. The second kappa shape index (κ2) is 11.7. The molecule has 40 heavy (non-hydrogen) atoms. The Labute approximate surface area is 238 Å². The molecule has 3 atom stereocenters. The van der Waals surface area contributed by atoms with Crippen LogP contribution in [0, 0.1) is 12.8 Å². The first-order chi connectivity index (χ1) is 19.2. The number of halogens is 3. The van der Waals surface area contributed by atoms with Gasteiger partial charge in [-0.1, -0.05) is 37.6 Å². The monoisotopic (exact) mass is 576 g/mol. The summed E-state index contributed by atoms with van der Waals surface area (Å²) in [6.07, 6.45) is 1.93. The first-order valence-electron chi connectivity index (χ1n) is 14.4. The average molecular weight is 577 g/mol. The Morgan fingerprint density at radius 1 is 1.18 bits per heavy atom. The fourth-order valence-electron chi connectivity index (χ4n) is 6.47. The number of alkyl halides is 2. The second-order valence-corrected chi connectivity index (χ2v) is 11.5. The van der Waals surface area contributed by atoms with Gasteiger partial charge in [0.1, 0.15) is 17.0 Å². The predicted molar refractivity (Wildman–Crippen MR) is 153 cm³/mol. The summed E-state index contributed by atoms with van der Waals surface area (Å²) < 4.78 is 35.6. The molecular formula is C29H39ClF2N6O2. The van der Waals surface area contributed by atoms with Gasteiger partial charge in [0.2, 0.25) is 5.92 Å². The molecule has 0 amide bonds. The van der Waals surface area contributed by atoms with Crippen LogP contribution in [0.25, 0.3) is 11.2 Å². The van der Waals surface area contributed by atoms with Gasteiger partial charge in [-0.3, -0.25) is 9.88 Å². The Hall–Kier alpha value is -2.56. The smallest absolute Gasteiger partial charge is 0.348 e. The summed E-state index contributed by atoms with van der Waals surface area (Å²) in [7, 11) is 0. The van der Waals surface area contributed by atoms with Gasteiger partial charge in [-0.2, -0.15) is 4.98 Å². The van der Waals surface area contributed by atoms with Crippen LogP contribution in [-0.2, 0) is 11.3 Å². The van der Waals surface area contributed by atoms with Crippen LogP contribution in [0.5, 0.6) is 0 Å². The number of anilines is 1. The molecule has 4 heterocycles. The average Bonchev–Trinajstić information content (AvgIpc) is 3.53. The topological polar surface area (TPSA) is 79.3 Å². The molecule has 0 bridgehead atoms. The first kappa shape index (κ1) is 29.0. The molecule has 6 rings (SSSR count). The lowest BCUT2D eigenvalue weighted by Crippen LogP contribution is -2.56. The van der Waals surface area contributed by atoms with Gasteiger partial charge in [0.15, 0.2) is 5.82 Å². The Morgan fingerprint density at radius 2 is 1.90 bits per heavy atom. The van der Waals surface area contributed by atoms with Crippen molar-refractivity contribution in [3.63, 3.8) is 0 Å². The van der Waals surface area contributed by atoms with E-state index in [1.807, 2.05) is 49.6 Å². The summed E-state index contributed by atoms with van der Waals surface area (Å²) in [5.74, 6) is -1.34. The third-order valence-corrected chi connectivity index (χ3v) is 8.57. The molecule has 8 nitrogen and oxygen atoms in total. The van der Waals surface area contributed by atoms with E-state index in [-0.39, 0.29) is 36.9 Å². The SMILES string of the molecule is CC.Cc1nc2c(N3CCN(C(c4ccc(Cl)cc4)C4CC(F)(F)C4)CC3C)nc(=O)[nH]c2n1CC1CCCO1. The molecule has 0 radical (unpaired) electrons. The van der Waals surface area contributed by atoms with E-state index in [9.17, 15) is 13.6 Å². The van der Waals surface area contributed by atoms with Crippen molar-refractivity contribution in [2.45, 2.75) is 84.0 Å². The molecule has 1 saturated carbocycles. The number of hydrogen-bond acceptors (Lipinski definition) is 6. The molecule has 3 aromatic rings. The number of H-pyrrole nitrogens is 1. The minimum atomic E-state index is -2.59. The lowest BCUT2D eigenvalue weighted by Gasteiger charge is -2.49. The number of aromatic amines is 1. The van der Waals surface area contributed by atoms with Crippen molar-refractivity contribution in [2.75, 3.05) is 31.1 Å². The molecule has 0 spiro atoms. The summed E-state index contributed by atoms with van der Waals surface area (Å²) >= 11 is 6.12. The van der Waals surface area contributed by atoms with Crippen molar-refractivity contribution < 1.29 is 13.5 Å². The number of piperazine rings is 1. The summed E-state index contributed by atoms with van der Waals surface area (Å²) in [5, 5.41) is 0.628. The van der Waals surface area contributed by atoms with E-state index >= 15 is 0 Å². The third-order valence-electron chi connectivity index (χ3n) is 8.32. The van der Waals surface area contributed by atoms with Gasteiger partial charge in [0.05, 0.1) is 12.6 Å². The van der Waals surface area contributed by atoms with Crippen LogP contribution >= 0.6 is 11.6 Å². The zero-order valence-electron chi connectivity index (χ0n) is 23.7. The molecule has 2 saturated heterocycles. The highest BCUT2D eigenvalue weighted by atomic mass is 35.5. The number of fused-ring (bicyclic) bond motifs is 1. The van der Waals surface area contributed by atoms with Crippen molar-refractivity contribution in [1.29, 1.82) is 0 Å². The summed E-state index contributed by atoms with van der Waals surface area (Å²) in [6, 6.07) is 7.44. The largest absolute Gasteiger partial charge is 0.376 e. The minimum Gasteiger partial charge on any atom is -0.376 e. The Morgan fingerprint density at radius 3 is 2.52 bits per heavy atom. The maximum atomic E-state index is 13.9. The van der Waals surface area contributed by atoms with E-state index in [0.717, 1.165) is 30.8 Å². The van der Waals surface area contributed by atoms with Gasteiger partial charge in [0, 0.05) is 56.2 Å². The predicted octanol–water partition coefficient (Wildman–Crippen LogP) is 5.58. The number of benzene rings is 1. The highest BCUT2D eigenvalue weighted by Crippen LogP contribution is 2.50. The molecule has 3 unspecified atom stereocenters. The molecule has 218 valence electrons. The molecule has 3 aliphatic rings. The molecule has 11 heteroatoms. The van der Waals surface area contributed by atoms with Gasteiger partial charge in [-0.25, -0.2) is 18.6 Å². The zero-order chi connectivity index (χ0) is 28.6. The first-order valence-corrected chi connectivity index (χ1v) is 14.8. The van der Waals surface area contributed by atoms with E-state index in [1.54, 1.807) is 0 Å². The molecular weight excluding hydrogens is 538 g/mol. The van der Waals surface area contributed by atoms with Gasteiger partial charge >= 0.3 is 5.69 Å². The number of aryl methyl sites for hydroxylation is 1. The zero-order valence-corrected chi connectivity index (χ0v) is 24.4. The number of nitrogens with one attached hydrogen (secondary N) is 1. The fraction of sp³-hybridized carbons (Fsp3) is 0.621. The van der Waals surface area contributed by atoms with Crippen LogP contribution in [0.4, 0.5) is 14.6 Å². The van der Waals surface area contributed by atoms with Gasteiger partial charge < -0.3 is 14.2 Å². The van der Waals surface area contributed by atoms with Crippen LogP contribution in [0.2, 0.25) is 5.02 Å². The van der Waals surface area contributed by atoms with Crippen LogP contribution in [0.15, 0.2) is 29.1 Å². The van der Waals surface area contributed by atoms with E-state index in [0.29, 0.717) is 48.2 Å².